The number of likely N-dealkylation sites (tertiary alicyclic amines) is 1. The quantitative estimate of drug-likeness (QED) is 0.503. The first-order valence-corrected chi connectivity index (χ1v) is 12.0. The van der Waals surface area contributed by atoms with Crippen molar-refractivity contribution in [2.75, 3.05) is 19.7 Å². The molecule has 0 spiro atoms. The Morgan fingerprint density at radius 3 is 2.34 bits per heavy atom. The van der Waals surface area contributed by atoms with Crippen LogP contribution in [-0.2, 0) is 4.74 Å². The van der Waals surface area contributed by atoms with Gasteiger partial charge in [0.2, 0.25) is 0 Å². The van der Waals surface area contributed by atoms with Crippen molar-refractivity contribution in [2.24, 2.45) is 23.7 Å². The molecule has 1 heterocycles. The number of ketones is 1. The highest BCUT2D eigenvalue weighted by atomic mass is 19.1. The Morgan fingerprint density at radius 2 is 1.75 bits per heavy atom. The van der Waals surface area contributed by atoms with Crippen molar-refractivity contribution in [3.8, 4) is 5.75 Å². The molecule has 1 aliphatic heterocycles. The average Bonchev–Trinajstić information content (AvgIpc) is 3.62. The van der Waals surface area contributed by atoms with Crippen LogP contribution in [0, 0.1) is 35.3 Å². The molecule has 0 N–H and O–H groups in total. The van der Waals surface area contributed by atoms with Crippen molar-refractivity contribution >= 4 is 11.9 Å². The fourth-order valence-electron chi connectivity index (χ4n) is 4.99. The molecule has 1 saturated heterocycles. The summed E-state index contributed by atoms with van der Waals surface area (Å²) in [4.78, 5) is 26.1. The van der Waals surface area contributed by atoms with Crippen molar-refractivity contribution < 1.29 is 27.8 Å². The summed E-state index contributed by atoms with van der Waals surface area (Å²) in [7, 11) is 0. The molecule has 3 saturated carbocycles. The zero-order valence-corrected chi connectivity index (χ0v) is 18.6. The van der Waals surface area contributed by atoms with Crippen molar-refractivity contribution in [3.63, 3.8) is 0 Å². The molecule has 1 aromatic rings. The van der Waals surface area contributed by atoms with Gasteiger partial charge in [-0.2, -0.15) is 0 Å². The SMILES string of the molecule is CC1(OC(=O)N2CCC(C3CC3CCOc3cc(F)c(C(=O)C4CC4)c(F)c3)CC2)CC1. The number of hydrogen-bond acceptors (Lipinski definition) is 4. The topological polar surface area (TPSA) is 55.8 Å². The number of carbonyl (C=O) groups is 2. The third-order valence-electron chi connectivity index (χ3n) is 7.64. The summed E-state index contributed by atoms with van der Waals surface area (Å²) < 4.78 is 39.7. The van der Waals surface area contributed by atoms with Crippen LogP contribution >= 0.6 is 0 Å². The van der Waals surface area contributed by atoms with E-state index in [2.05, 4.69) is 0 Å². The molecule has 0 radical (unpaired) electrons. The van der Waals surface area contributed by atoms with Gasteiger partial charge in [-0.1, -0.05) is 0 Å². The molecular formula is C25H31F2NO4. The van der Waals surface area contributed by atoms with Crippen LogP contribution in [0.25, 0.3) is 0 Å². The Labute approximate surface area is 187 Å². The number of benzene rings is 1. The van der Waals surface area contributed by atoms with Crippen LogP contribution in [0.15, 0.2) is 12.1 Å². The Balaban J connectivity index is 1.04. The predicted octanol–water partition coefficient (Wildman–Crippen LogP) is 5.36. The lowest BCUT2D eigenvalue weighted by molar-refractivity contribution is 0.0473. The minimum Gasteiger partial charge on any atom is -0.493 e. The maximum Gasteiger partial charge on any atom is 0.410 e. The second-order valence-corrected chi connectivity index (χ2v) is 10.3. The van der Waals surface area contributed by atoms with Crippen LogP contribution in [0.5, 0.6) is 5.75 Å². The van der Waals surface area contributed by atoms with E-state index in [-0.39, 0.29) is 23.4 Å². The third kappa shape index (κ3) is 4.76. The minimum absolute atomic E-state index is 0.140. The van der Waals surface area contributed by atoms with Crippen LogP contribution in [0.4, 0.5) is 13.6 Å². The summed E-state index contributed by atoms with van der Waals surface area (Å²) >= 11 is 0. The molecule has 4 aliphatic rings. The predicted molar refractivity (Wildman–Crippen MR) is 114 cm³/mol. The molecule has 7 heteroatoms. The molecule has 5 rings (SSSR count). The van der Waals surface area contributed by atoms with Gasteiger partial charge in [0.05, 0.1) is 12.2 Å². The van der Waals surface area contributed by atoms with Gasteiger partial charge in [0.25, 0.3) is 0 Å². The summed E-state index contributed by atoms with van der Waals surface area (Å²) in [5, 5.41) is 0. The fraction of sp³-hybridized carbons (Fsp3) is 0.680. The number of amides is 1. The Morgan fingerprint density at radius 1 is 1.09 bits per heavy atom. The molecule has 3 aliphatic carbocycles. The normalized spacial score (nSPS) is 26.5. The van der Waals surface area contributed by atoms with E-state index in [9.17, 15) is 18.4 Å². The first-order chi connectivity index (χ1) is 15.3. The second kappa shape index (κ2) is 8.31. The van der Waals surface area contributed by atoms with Crippen molar-refractivity contribution in [3.05, 3.63) is 29.3 Å². The lowest BCUT2D eigenvalue weighted by Gasteiger charge is -2.32. The van der Waals surface area contributed by atoms with Gasteiger partial charge in [0, 0.05) is 31.1 Å². The molecule has 4 fully saturated rings. The van der Waals surface area contributed by atoms with E-state index < -0.39 is 23.0 Å². The third-order valence-corrected chi connectivity index (χ3v) is 7.64. The van der Waals surface area contributed by atoms with Gasteiger partial charge in [-0.25, -0.2) is 13.6 Å². The first-order valence-electron chi connectivity index (χ1n) is 12.0. The lowest BCUT2D eigenvalue weighted by atomic mass is 9.91. The molecule has 5 nitrogen and oxygen atoms in total. The van der Waals surface area contributed by atoms with Crippen LogP contribution in [0.3, 0.4) is 0 Å². The maximum absolute atomic E-state index is 14.3. The standard InChI is InChI=1S/C25H31F2NO4/c1-25(7-8-25)32-24(30)28-9-4-15(5-10-28)19-12-17(19)6-11-31-18-13-20(26)22(21(27)14-18)23(29)16-2-3-16/h13-17,19H,2-12H2,1H3. The molecular weight excluding hydrogens is 416 g/mol. The summed E-state index contributed by atoms with van der Waals surface area (Å²) in [5.74, 6) is -0.364. The number of ether oxygens (including phenoxy) is 2. The zero-order valence-electron chi connectivity index (χ0n) is 18.6. The highest BCUT2D eigenvalue weighted by molar-refractivity contribution is 5.99. The fourth-order valence-corrected chi connectivity index (χ4v) is 4.99. The second-order valence-electron chi connectivity index (χ2n) is 10.3. The number of carbonyl (C=O) groups excluding carboxylic acids is 2. The summed E-state index contributed by atoms with van der Waals surface area (Å²) in [5.41, 5.74) is -0.655. The van der Waals surface area contributed by atoms with E-state index in [1.165, 1.54) is 0 Å². The molecule has 174 valence electrons. The summed E-state index contributed by atoms with van der Waals surface area (Å²) in [6.07, 6.45) is 7.16. The highest BCUT2D eigenvalue weighted by Crippen LogP contribution is 2.50. The minimum atomic E-state index is -0.831. The van der Waals surface area contributed by atoms with Gasteiger partial charge in [-0.3, -0.25) is 4.79 Å². The first kappa shape index (κ1) is 21.7. The van der Waals surface area contributed by atoms with Gasteiger partial charge >= 0.3 is 6.09 Å². The summed E-state index contributed by atoms with van der Waals surface area (Å²) in [6, 6.07) is 2.25. The van der Waals surface area contributed by atoms with Crippen LogP contribution in [0.1, 0.15) is 68.6 Å². The molecule has 0 bridgehead atoms. The van der Waals surface area contributed by atoms with Crippen molar-refractivity contribution in [2.45, 2.75) is 63.9 Å². The van der Waals surface area contributed by atoms with E-state index in [4.69, 9.17) is 9.47 Å². The van der Waals surface area contributed by atoms with E-state index in [1.807, 2.05) is 11.8 Å². The van der Waals surface area contributed by atoms with Crippen molar-refractivity contribution in [1.29, 1.82) is 0 Å². The monoisotopic (exact) mass is 447 g/mol. The van der Waals surface area contributed by atoms with Gasteiger partial charge in [0.15, 0.2) is 5.78 Å². The van der Waals surface area contributed by atoms with Gasteiger partial charge < -0.3 is 14.4 Å². The Hall–Kier alpha value is -2.18. The number of Topliss-reactive ketones (excluding diaryl/α,β-unsaturated/α-hetero) is 1. The number of hydrogen-bond donors (Lipinski definition) is 0. The lowest BCUT2D eigenvalue weighted by Crippen LogP contribution is -2.40. The van der Waals surface area contributed by atoms with E-state index in [0.29, 0.717) is 37.2 Å². The molecule has 1 aromatic carbocycles. The molecule has 1 amide bonds. The maximum atomic E-state index is 14.3. The van der Waals surface area contributed by atoms with E-state index >= 15 is 0 Å². The van der Waals surface area contributed by atoms with E-state index in [1.54, 1.807) is 0 Å². The molecule has 2 atom stereocenters. The molecule has 32 heavy (non-hydrogen) atoms. The van der Waals surface area contributed by atoms with Gasteiger partial charge in [-0.15, -0.1) is 0 Å². The van der Waals surface area contributed by atoms with Crippen LogP contribution in [0.2, 0.25) is 0 Å². The number of piperidine rings is 1. The van der Waals surface area contributed by atoms with Crippen molar-refractivity contribution in [1.82, 2.24) is 4.90 Å². The Bertz CT molecular complexity index is 880. The number of halogens is 2. The largest absolute Gasteiger partial charge is 0.493 e. The van der Waals surface area contributed by atoms with E-state index in [0.717, 1.165) is 63.7 Å². The number of rotatable bonds is 8. The van der Waals surface area contributed by atoms with Crippen LogP contribution in [-0.4, -0.2) is 42.1 Å². The van der Waals surface area contributed by atoms with Gasteiger partial charge in [0.1, 0.15) is 23.0 Å². The molecule has 2 unspecified atom stereocenters. The molecule has 0 aromatic heterocycles. The highest BCUT2D eigenvalue weighted by Gasteiger charge is 2.45. The number of nitrogens with zero attached hydrogens (tertiary/aromatic N) is 1. The van der Waals surface area contributed by atoms with Crippen LogP contribution < -0.4 is 4.74 Å². The smallest absolute Gasteiger partial charge is 0.410 e. The zero-order chi connectivity index (χ0) is 22.5. The van der Waals surface area contributed by atoms with Gasteiger partial charge in [-0.05, 0) is 76.0 Å². The summed E-state index contributed by atoms with van der Waals surface area (Å²) in [6.45, 7) is 3.90. The Kier molecular flexibility index (Phi) is 5.62. The average molecular weight is 448 g/mol.